The number of hydrogen-bond acceptors (Lipinski definition) is 2. The highest BCUT2D eigenvalue weighted by atomic mass is 16.5. The molecule has 150 valence electrons. The molecule has 0 spiro atoms. The Balaban J connectivity index is 1.67. The third-order valence-electron chi connectivity index (χ3n) is 6.78. The van der Waals surface area contributed by atoms with Gasteiger partial charge in [-0.05, 0) is 54.8 Å². The zero-order chi connectivity index (χ0) is 19.7. The monoisotopic (exact) mass is 377 g/mol. The zero-order valence-corrected chi connectivity index (χ0v) is 17.9. The Morgan fingerprint density at radius 1 is 0.893 bits per heavy atom. The van der Waals surface area contributed by atoms with Crippen LogP contribution in [0.2, 0.25) is 0 Å². The summed E-state index contributed by atoms with van der Waals surface area (Å²) in [7, 11) is 2.31. The summed E-state index contributed by atoms with van der Waals surface area (Å²) in [5.74, 6) is 0. The first kappa shape index (κ1) is 19.7. The maximum atomic E-state index is 6.96. The van der Waals surface area contributed by atoms with Gasteiger partial charge in [0.1, 0.15) is 6.10 Å². The van der Waals surface area contributed by atoms with E-state index >= 15 is 0 Å². The van der Waals surface area contributed by atoms with Crippen LogP contribution in [-0.2, 0) is 10.2 Å². The molecule has 2 heterocycles. The number of nitrogens with zero attached hydrogens (tertiary/aromatic N) is 1. The SMILES string of the molecule is CN1C2CCCC1CC(OC(c1ccccc1)c1ccccc1C(C)(C)C)C2. The average Bonchev–Trinajstić information content (AvgIpc) is 2.67. The van der Waals surface area contributed by atoms with E-state index < -0.39 is 0 Å². The topological polar surface area (TPSA) is 12.5 Å². The minimum atomic E-state index is 0.00533. The molecule has 2 nitrogen and oxygen atoms in total. The molecule has 0 N–H and O–H groups in total. The Bertz CT molecular complexity index is 765. The third kappa shape index (κ3) is 4.04. The molecule has 0 aromatic heterocycles. The van der Waals surface area contributed by atoms with E-state index in [1.807, 2.05) is 0 Å². The molecule has 4 rings (SSSR count). The van der Waals surface area contributed by atoms with Crippen LogP contribution >= 0.6 is 0 Å². The molecular formula is C26H35NO. The van der Waals surface area contributed by atoms with Crippen molar-refractivity contribution in [3.05, 3.63) is 71.3 Å². The molecule has 3 unspecified atom stereocenters. The number of fused-ring (bicyclic) bond motifs is 2. The van der Waals surface area contributed by atoms with Crippen molar-refractivity contribution in [2.75, 3.05) is 7.05 Å². The maximum Gasteiger partial charge on any atom is 0.108 e. The Labute approximate surface area is 170 Å². The molecule has 0 saturated carbocycles. The molecule has 2 saturated heterocycles. The van der Waals surface area contributed by atoms with Crippen molar-refractivity contribution in [2.45, 2.75) is 82.6 Å². The first-order chi connectivity index (χ1) is 13.4. The van der Waals surface area contributed by atoms with Crippen LogP contribution in [0.25, 0.3) is 0 Å². The largest absolute Gasteiger partial charge is 0.365 e. The Kier molecular flexibility index (Phi) is 5.62. The first-order valence-corrected chi connectivity index (χ1v) is 10.9. The minimum Gasteiger partial charge on any atom is -0.365 e. The fourth-order valence-corrected chi connectivity index (χ4v) is 5.24. The Hall–Kier alpha value is -1.64. The lowest BCUT2D eigenvalue weighted by molar-refractivity contribution is -0.0723. The van der Waals surface area contributed by atoms with E-state index in [0.29, 0.717) is 18.2 Å². The summed E-state index contributed by atoms with van der Waals surface area (Å²) < 4.78 is 6.96. The molecule has 2 aliphatic heterocycles. The normalized spacial score (nSPS) is 26.8. The molecule has 0 radical (unpaired) electrons. The summed E-state index contributed by atoms with van der Waals surface area (Å²) in [6.07, 6.45) is 6.68. The van der Waals surface area contributed by atoms with Gasteiger partial charge in [-0.3, -0.25) is 0 Å². The van der Waals surface area contributed by atoms with Crippen molar-refractivity contribution in [1.29, 1.82) is 0 Å². The van der Waals surface area contributed by atoms with E-state index in [-0.39, 0.29) is 11.5 Å². The van der Waals surface area contributed by atoms with Gasteiger partial charge in [-0.15, -0.1) is 0 Å². The number of benzene rings is 2. The highest BCUT2D eigenvalue weighted by molar-refractivity contribution is 5.39. The number of ether oxygens (including phenoxy) is 1. The van der Waals surface area contributed by atoms with Gasteiger partial charge in [0, 0.05) is 12.1 Å². The van der Waals surface area contributed by atoms with E-state index in [9.17, 15) is 0 Å². The van der Waals surface area contributed by atoms with E-state index in [2.05, 4.69) is 87.3 Å². The maximum absolute atomic E-state index is 6.96. The van der Waals surface area contributed by atoms with E-state index in [1.165, 1.54) is 36.0 Å². The molecule has 2 heteroatoms. The van der Waals surface area contributed by atoms with Gasteiger partial charge in [-0.2, -0.15) is 0 Å². The van der Waals surface area contributed by atoms with Gasteiger partial charge in [0.15, 0.2) is 0 Å². The van der Waals surface area contributed by atoms with Gasteiger partial charge in [0.25, 0.3) is 0 Å². The molecule has 3 atom stereocenters. The Morgan fingerprint density at radius 3 is 2.14 bits per heavy atom. The summed E-state index contributed by atoms with van der Waals surface area (Å²) in [6, 6.07) is 21.0. The quantitative estimate of drug-likeness (QED) is 0.638. The predicted molar refractivity (Wildman–Crippen MR) is 117 cm³/mol. The first-order valence-electron chi connectivity index (χ1n) is 10.9. The predicted octanol–water partition coefficient (Wildman–Crippen LogP) is 6.11. The summed E-state index contributed by atoms with van der Waals surface area (Å²) in [5.41, 5.74) is 4.07. The van der Waals surface area contributed by atoms with Crippen LogP contribution in [0.3, 0.4) is 0 Å². The second kappa shape index (κ2) is 8.00. The van der Waals surface area contributed by atoms with Crippen LogP contribution in [0.1, 0.15) is 75.7 Å². The molecule has 2 bridgehead atoms. The van der Waals surface area contributed by atoms with Crippen molar-refractivity contribution < 1.29 is 4.74 Å². The van der Waals surface area contributed by atoms with Crippen molar-refractivity contribution in [3.8, 4) is 0 Å². The molecule has 0 amide bonds. The molecule has 2 aromatic carbocycles. The molecule has 2 aliphatic rings. The van der Waals surface area contributed by atoms with Gasteiger partial charge in [-0.1, -0.05) is 81.8 Å². The molecule has 28 heavy (non-hydrogen) atoms. The van der Waals surface area contributed by atoms with Crippen molar-refractivity contribution in [1.82, 2.24) is 4.90 Å². The average molecular weight is 378 g/mol. The van der Waals surface area contributed by atoms with Crippen LogP contribution in [0.4, 0.5) is 0 Å². The van der Waals surface area contributed by atoms with E-state index in [1.54, 1.807) is 0 Å². The number of hydrogen-bond donors (Lipinski definition) is 0. The fourth-order valence-electron chi connectivity index (χ4n) is 5.24. The molecule has 0 aliphatic carbocycles. The van der Waals surface area contributed by atoms with E-state index in [0.717, 1.165) is 12.8 Å². The van der Waals surface area contributed by atoms with Crippen LogP contribution in [0, 0.1) is 0 Å². The molecule has 2 fully saturated rings. The van der Waals surface area contributed by atoms with Crippen LogP contribution in [0.5, 0.6) is 0 Å². The van der Waals surface area contributed by atoms with Crippen LogP contribution in [0.15, 0.2) is 54.6 Å². The third-order valence-corrected chi connectivity index (χ3v) is 6.78. The smallest absolute Gasteiger partial charge is 0.108 e. The number of piperidine rings is 2. The van der Waals surface area contributed by atoms with Crippen molar-refractivity contribution in [2.24, 2.45) is 0 Å². The molecule has 2 aromatic rings. The summed E-state index contributed by atoms with van der Waals surface area (Å²) in [5, 5.41) is 0. The zero-order valence-electron chi connectivity index (χ0n) is 17.9. The number of rotatable bonds is 4. The highest BCUT2D eigenvalue weighted by Gasteiger charge is 2.38. The Morgan fingerprint density at radius 2 is 1.50 bits per heavy atom. The lowest BCUT2D eigenvalue weighted by Gasteiger charge is -2.47. The second-order valence-electron chi connectivity index (χ2n) is 9.76. The molecular weight excluding hydrogens is 342 g/mol. The van der Waals surface area contributed by atoms with Crippen LogP contribution in [-0.4, -0.2) is 30.1 Å². The van der Waals surface area contributed by atoms with Crippen LogP contribution < -0.4 is 0 Å². The summed E-state index contributed by atoms with van der Waals surface area (Å²) in [6.45, 7) is 6.90. The lowest BCUT2D eigenvalue weighted by Crippen LogP contribution is -2.51. The summed E-state index contributed by atoms with van der Waals surface area (Å²) in [4.78, 5) is 2.62. The highest BCUT2D eigenvalue weighted by Crippen LogP contribution is 2.40. The lowest BCUT2D eigenvalue weighted by atomic mass is 9.80. The second-order valence-corrected chi connectivity index (χ2v) is 9.76. The van der Waals surface area contributed by atoms with Crippen molar-refractivity contribution in [3.63, 3.8) is 0 Å². The van der Waals surface area contributed by atoms with Gasteiger partial charge in [0.2, 0.25) is 0 Å². The summed E-state index contributed by atoms with van der Waals surface area (Å²) >= 11 is 0. The van der Waals surface area contributed by atoms with Crippen molar-refractivity contribution >= 4 is 0 Å². The van der Waals surface area contributed by atoms with Gasteiger partial charge in [0.05, 0.1) is 6.10 Å². The standard InChI is InChI=1S/C26H35NO/c1-26(2,3)24-16-9-8-15-23(24)25(19-11-6-5-7-12-19)28-22-17-20-13-10-14-21(18-22)27(20)4/h5-9,11-12,15-16,20-22,25H,10,13-14,17-18H2,1-4H3. The van der Waals surface area contributed by atoms with E-state index in [4.69, 9.17) is 4.74 Å². The fraction of sp³-hybridized carbons (Fsp3) is 0.538. The van der Waals surface area contributed by atoms with Gasteiger partial charge in [-0.25, -0.2) is 0 Å². The minimum absolute atomic E-state index is 0.00533. The van der Waals surface area contributed by atoms with Gasteiger partial charge >= 0.3 is 0 Å². The van der Waals surface area contributed by atoms with Gasteiger partial charge < -0.3 is 9.64 Å².